The summed E-state index contributed by atoms with van der Waals surface area (Å²) in [5.41, 5.74) is 0. The van der Waals surface area contributed by atoms with Crippen LogP contribution >= 0.6 is 0 Å². The zero-order valence-electron chi connectivity index (χ0n) is 10.7. The first-order chi connectivity index (χ1) is 8.19. The van der Waals surface area contributed by atoms with Gasteiger partial charge in [0.15, 0.2) is 0 Å². The van der Waals surface area contributed by atoms with E-state index in [0.29, 0.717) is 24.4 Å². The van der Waals surface area contributed by atoms with Crippen molar-refractivity contribution < 1.29 is 9.90 Å². The van der Waals surface area contributed by atoms with E-state index in [-0.39, 0.29) is 0 Å². The molecule has 2 atom stereocenters. The van der Waals surface area contributed by atoms with Crippen LogP contribution in [-0.2, 0) is 4.79 Å². The number of rotatable bonds is 4. The maximum absolute atomic E-state index is 10.9. The smallest absolute Gasteiger partial charge is 0.303 e. The number of nitrogens with zero attached hydrogens (tertiary/aromatic N) is 1. The van der Waals surface area contributed by atoms with E-state index in [2.05, 4.69) is 10.2 Å². The average molecular weight is 240 g/mol. The first-order valence-electron chi connectivity index (χ1n) is 6.82. The maximum atomic E-state index is 10.9. The summed E-state index contributed by atoms with van der Waals surface area (Å²) < 4.78 is 0. The molecule has 0 aromatic carbocycles. The van der Waals surface area contributed by atoms with E-state index in [1.54, 1.807) is 0 Å². The highest BCUT2D eigenvalue weighted by molar-refractivity contribution is 5.67. The van der Waals surface area contributed by atoms with E-state index < -0.39 is 5.97 Å². The largest absolute Gasteiger partial charge is 0.481 e. The number of hydrogen-bond donors (Lipinski definition) is 2. The van der Waals surface area contributed by atoms with Gasteiger partial charge in [-0.05, 0) is 32.2 Å². The number of likely N-dealkylation sites (tertiary alicyclic amines) is 1. The van der Waals surface area contributed by atoms with Gasteiger partial charge in [-0.15, -0.1) is 0 Å². The van der Waals surface area contributed by atoms with Gasteiger partial charge in [-0.2, -0.15) is 0 Å². The minimum atomic E-state index is -0.655. The van der Waals surface area contributed by atoms with E-state index in [1.165, 1.54) is 25.7 Å². The fourth-order valence-corrected chi connectivity index (χ4v) is 3.41. The van der Waals surface area contributed by atoms with Crippen LogP contribution in [0.5, 0.6) is 0 Å². The molecule has 98 valence electrons. The molecule has 0 bridgehead atoms. The predicted octanol–water partition coefficient (Wildman–Crippen LogP) is 1.31. The number of aliphatic carboxylic acids is 1. The van der Waals surface area contributed by atoms with Crippen LogP contribution in [0.1, 0.15) is 38.5 Å². The number of hydrogen-bond acceptors (Lipinski definition) is 3. The standard InChI is InChI=1S/C13H24N2O2/c1-14-11-6-10(7-13(16)17)8-15(9-11)12-4-2-3-5-12/h10-12,14H,2-9H2,1H3,(H,16,17). The molecule has 0 radical (unpaired) electrons. The van der Waals surface area contributed by atoms with Crippen molar-refractivity contribution >= 4 is 5.97 Å². The maximum Gasteiger partial charge on any atom is 0.303 e. The predicted molar refractivity (Wildman–Crippen MR) is 67.0 cm³/mol. The van der Waals surface area contributed by atoms with Crippen LogP contribution in [0.3, 0.4) is 0 Å². The molecular formula is C13H24N2O2. The molecule has 0 amide bonds. The summed E-state index contributed by atoms with van der Waals surface area (Å²) in [5, 5.41) is 12.3. The molecule has 1 saturated heterocycles. The number of likely N-dealkylation sites (N-methyl/N-ethyl adjacent to an activating group) is 1. The molecular weight excluding hydrogens is 216 g/mol. The first-order valence-corrected chi connectivity index (χ1v) is 6.82. The lowest BCUT2D eigenvalue weighted by Gasteiger charge is -2.40. The Morgan fingerprint density at radius 2 is 2.06 bits per heavy atom. The van der Waals surface area contributed by atoms with Gasteiger partial charge in [0.1, 0.15) is 0 Å². The third kappa shape index (κ3) is 3.42. The van der Waals surface area contributed by atoms with Gasteiger partial charge < -0.3 is 10.4 Å². The molecule has 1 aliphatic heterocycles. The summed E-state index contributed by atoms with van der Waals surface area (Å²) in [6.45, 7) is 2.08. The van der Waals surface area contributed by atoms with Gasteiger partial charge >= 0.3 is 5.97 Å². The Balaban J connectivity index is 1.93. The minimum absolute atomic E-state index is 0.319. The molecule has 2 aliphatic rings. The van der Waals surface area contributed by atoms with E-state index >= 15 is 0 Å². The van der Waals surface area contributed by atoms with Gasteiger partial charge in [0.2, 0.25) is 0 Å². The van der Waals surface area contributed by atoms with Crippen molar-refractivity contribution in [3.05, 3.63) is 0 Å². The van der Waals surface area contributed by atoms with Crippen LogP contribution in [0, 0.1) is 5.92 Å². The fourth-order valence-electron chi connectivity index (χ4n) is 3.41. The van der Waals surface area contributed by atoms with Gasteiger partial charge in [-0.3, -0.25) is 9.69 Å². The van der Waals surface area contributed by atoms with Crippen molar-refractivity contribution in [1.82, 2.24) is 10.2 Å². The molecule has 0 aromatic heterocycles. The zero-order chi connectivity index (χ0) is 12.3. The van der Waals surface area contributed by atoms with E-state index in [9.17, 15) is 4.79 Å². The Morgan fingerprint density at radius 1 is 1.35 bits per heavy atom. The molecule has 2 fully saturated rings. The molecule has 4 nitrogen and oxygen atoms in total. The van der Waals surface area contributed by atoms with Crippen molar-refractivity contribution in [3.63, 3.8) is 0 Å². The summed E-state index contributed by atoms with van der Waals surface area (Å²) in [5.74, 6) is -0.336. The normalized spacial score (nSPS) is 31.8. The van der Waals surface area contributed by atoms with Crippen molar-refractivity contribution in [2.45, 2.75) is 50.6 Å². The van der Waals surface area contributed by atoms with Crippen LogP contribution in [0.2, 0.25) is 0 Å². The van der Waals surface area contributed by atoms with Gasteiger partial charge in [0.25, 0.3) is 0 Å². The Kier molecular flexibility index (Phi) is 4.40. The second kappa shape index (κ2) is 5.83. The highest BCUT2D eigenvalue weighted by Crippen LogP contribution is 2.29. The summed E-state index contributed by atoms with van der Waals surface area (Å²) in [6.07, 6.45) is 6.61. The Hall–Kier alpha value is -0.610. The second-order valence-corrected chi connectivity index (χ2v) is 5.58. The van der Waals surface area contributed by atoms with Gasteiger partial charge in [-0.25, -0.2) is 0 Å². The molecule has 0 spiro atoms. The summed E-state index contributed by atoms with van der Waals surface area (Å²) >= 11 is 0. The average Bonchev–Trinajstić information content (AvgIpc) is 2.81. The van der Waals surface area contributed by atoms with Crippen molar-refractivity contribution in [1.29, 1.82) is 0 Å². The summed E-state index contributed by atoms with van der Waals surface area (Å²) in [7, 11) is 1.99. The molecule has 1 saturated carbocycles. The highest BCUT2D eigenvalue weighted by atomic mass is 16.4. The number of nitrogens with one attached hydrogen (secondary N) is 1. The van der Waals surface area contributed by atoms with Crippen LogP contribution < -0.4 is 5.32 Å². The molecule has 0 aromatic rings. The molecule has 2 N–H and O–H groups in total. The summed E-state index contributed by atoms with van der Waals surface area (Å²) in [6, 6.07) is 1.18. The van der Waals surface area contributed by atoms with Crippen molar-refractivity contribution in [3.8, 4) is 0 Å². The molecule has 1 aliphatic carbocycles. The lowest BCUT2D eigenvalue weighted by molar-refractivity contribution is -0.138. The number of carboxylic acid groups (broad SMARTS) is 1. The van der Waals surface area contributed by atoms with E-state index in [0.717, 1.165) is 19.5 Å². The molecule has 1 heterocycles. The Bertz CT molecular complexity index is 264. The molecule has 4 heteroatoms. The van der Waals surface area contributed by atoms with Gasteiger partial charge in [-0.1, -0.05) is 12.8 Å². The van der Waals surface area contributed by atoms with Crippen LogP contribution in [0.25, 0.3) is 0 Å². The van der Waals surface area contributed by atoms with Crippen LogP contribution in [-0.4, -0.2) is 48.2 Å². The lowest BCUT2D eigenvalue weighted by atomic mass is 9.90. The quantitative estimate of drug-likeness (QED) is 0.778. The third-order valence-electron chi connectivity index (χ3n) is 4.28. The van der Waals surface area contributed by atoms with E-state index in [4.69, 9.17) is 5.11 Å². The van der Waals surface area contributed by atoms with Gasteiger partial charge in [0.05, 0.1) is 0 Å². The fraction of sp³-hybridized carbons (Fsp3) is 0.923. The number of piperidine rings is 1. The SMILES string of the molecule is CNC1CC(CC(=O)O)CN(C2CCCC2)C1. The highest BCUT2D eigenvalue weighted by Gasteiger charge is 2.32. The van der Waals surface area contributed by atoms with E-state index in [1.807, 2.05) is 7.05 Å². The topological polar surface area (TPSA) is 52.6 Å². The monoisotopic (exact) mass is 240 g/mol. The van der Waals surface area contributed by atoms with Crippen LogP contribution in [0.4, 0.5) is 0 Å². The third-order valence-corrected chi connectivity index (χ3v) is 4.28. The van der Waals surface area contributed by atoms with Crippen LogP contribution in [0.15, 0.2) is 0 Å². The second-order valence-electron chi connectivity index (χ2n) is 5.58. The molecule has 2 rings (SSSR count). The Morgan fingerprint density at radius 3 is 2.65 bits per heavy atom. The number of carboxylic acids is 1. The van der Waals surface area contributed by atoms with Crippen molar-refractivity contribution in [2.75, 3.05) is 20.1 Å². The number of carbonyl (C=O) groups is 1. The zero-order valence-corrected chi connectivity index (χ0v) is 10.7. The minimum Gasteiger partial charge on any atom is -0.481 e. The van der Waals surface area contributed by atoms with Crippen molar-refractivity contribution in [2.24, 2.45) is 5.92 Å². The Labute approximate surface area is 103 Å². The lowest BCUT2D eigenvalue weighted by Crippen LogP contribution is -2.51. The first kappa shape index (κ1) is 12.8. The summed E-state index contributed by atoms with van der Waals surface area (Å²) in [4.78, 5) is 13.4. The van der Waals surface area contributed by atoms with Gasteiger partial charge in [0, 0.05) is 31.6 Å². The molecule has 2 unspecified atom stereocenters. The molecule has 17 heavy (non-hydrogen) atoms.